The molecule has 4 nitrogen and oxygen atoms in total. The highest BCUT2D eigenvalue weighted by Gasteiger charge is 2.38. The van der Waals surface area contributed by atoms with E-state index >= 15 is 0 Å². The van der Waals surface area contributed by atoms with Gasteiger partial charge in [-0.15, -0.1) is 0 Å². The van der Waals surface area contributed by atoms with Crippen LogP contribution in [0, 0.1) is 5.41 Å². The standard InChI is InChI=1S/C10H18O4S/c1-10(2,9(11)12)7-15(13,14)8-5-3-4-6-8/h8H,3-7H2,1-2H3,(H,11,12). The van der Waals surface area contributed by atoms with Crippen LogP contribution in [0.15, 0.2) is 0 Å². The summed E-state index contributed by atoms with van der Waals surface area (Å²) >= 11 is 0. The lowest BCUT2D eigenvalue weighted by Gasteiger charge is -2.21. The fourth-order valence-corrected chi connectivity index (χ4v) is 4.35. The van der Waals surface area contributed by atoms with E-state index in [2.05, 4.69) is 0 Å². The van der Waals surface area contributed by atoms with Gasteiger partial charge < -0.3 is 5.11 Å². The van der Waals surface area contributed by atoms with Gasteiger partial charge >= 0.3 is 5.97 Å². The van der Waals surface area contributed by atoms with Crippen molar-refractivity contribution in [1.82, 2.24) is 0 Å². The molecule has 0 saturated heterocycles. The number of hydrogen-bond acceptors (Lipinski definition) is 3. The highest BCUT2D eigenvalue weighted by molar-refractivity contribution is 7.92. The maximum atomic E-state index is 11.9. The van der Waals surface area contributed by atoms with Crippen LogP contribution in [0.2, 0.25) is 0 Å². The summed E-state index contributed by atoms with van der Waals surface area (Å²) in [5, 5.41) is 8.57. The van der Waals surface area contributed by atoms with Crippen molar-refractivity contribution in [2.45, 2.75) is 44.8 Å². The smallest absolute Gasteiger partial charge is 0.310 e. The van der Waals surface area contributed by atoms with Gasteiger partial charge in [-0.05, 0) is 26.7 Å². The minimum atomic E-state index is -3.24. The van der Waals surface area contributed by atoms with Crippen LogP contribution < -0.4 is 0 Å². The molecule has 88 valence electrons. The van der Waals surface area contributed by atoms with Crippen LogP contribution in [0.25, 0.3) is 0 Å². The minimum Gasteiger partial charge on any atom is -0.481 e. The first-order chi connectivity index (χ1) is 6.76. The van der Waals surface area contributed by atoms with E-state index in [0.717, 1.165) is 12.8 Å². The first-order valence-corrected chi connectivity index (χ1v) is 6.92. The molecule has 0 unspecified atom stereocenters. The zero-order valence-electron chi connectivity index (χ0n) is 9.19. The second-order valence-electron chi connectivity index (χ2n) is 4.90. The maximum Gasteiger partial charge on any atom is 0.310 e. The Bertz CT molecular complexity index is 336. The molecule has 1 aliphatic rings. The van der Waals surface area contributed by atoms with E-state index in [0.29, 0.717) is 12.8 Å². The molecule has 0 radical (unpaired) electrons. The molecule has 0 bridgehead atoms. The minimum absolute atomic E-state index is 0.250. The van der Waals surface area contributed by atoms with Gasteiger partial charge in [0.15, 0.2) is 9.84 Å². The third kappa shape index (κ3) is 2.93. The Hall–Kier alpha value is -0.580. The molecule has 0 aromatic heterocycles. The molecule has 0 atom stereocenters. The molecule has 0 aliphatic heterocycles. The third-order valence-electron chi connectivity index (χ3n) is 2.95. The molecule has 1 aliphatic carbocycles. The Labute approximate surface area is 90.6 Å². The molecule has 0 spiro atoms. The Morgan fingerprint density at radius 3 is 2.20 bits per heavy atom. The van der Waals surface area contributed by atoms with Gasteiger partial charge in [0, 0.05) is 0 Å². The Morgan fingerprint density at radius 2 is 1.80 bits per heavy atom. The van der Waals surface area contributed by atoms with Crippen LogP contribution in [0.3, 0.4) is 0 Å². The monoisotopic (exact) mass is 234 g/mol. The molecule has 1 fully saturated rings. The van der Waals surface area contributed by atoms with Crippen LogP contribution >= 0.6 is 0 Å². The summed E-state index contributed by atoms with van der Waals surface area (Å²) in [5.41, 5.74) is -1.18. The maximum absolute atomic E-state index is 11.9. The van der Waals surface area contributed by atoms with Gasteiger partial charge in [-0.2, -0.15) is 0 Å². The third-order valence-corrected chi connectivity index (χ3v) is 5.56. The van der Waals surface area contributed by atoms with Crippen LogP contribution in [-0.2, 0) is 14.6 Å². The summed E-state index contributed by atoms with van der Waals surface area (Å²) < 4.78 is 23.8. The summed E-state index contributed by atoms with van der Waals surface area (Å²) in [7, 11) is -3.24. The SMILES string of the molecule is CC(C)(CS(=O)(=O)C1CCCC1)C(=O)O. The number of carbonyl (C=O) groups is 1. The van der Waals surface area contributed by atoms with Crippen molar-refractivity contribution in [3.8, 4) is 0 Å². The lowest BCUT2D eigenvalue weighted by Crippen LogP contribution is -2.36. The summed E-state index contributed by atoms with van der Waals surface area (Å²) in [6.07, 6.45) is 3.27. The van der Waals surface area contributed by atoms with Gasteiger partial charge in [-0.1, -0.05) is 12.8 Å². The predicted molar refractivity (Wildman–Crippen MR) is 57.5 cm³/mol. The number of rotatable bonds is 4. The average molecular weight is 234 g/mol. The predicted octanol–water partition coefficient (Wildman–Crippen LogP) is 1.45. The fourth-order valence-electron chi connectivity index (χ4n) is 1.93. The number of carboxylic acids is 1. The van der Waals surface area contributed by atoms with Crippen molar-refractivity contribution in [3.05, 3.63) is 0 Å². The largest absolute Gasteiger partial charge is 0.481 e. The van der Waals surface area contributed by atoms with E-state index in [1.807, 2.05) is 0 Å². The molecule has 5 heteroatoms. The molecule has 1 saturated carbocycles. The van der Waals surface area contributed by atoms with Crippen LogP contribution in [0.4, 0.5) is 0 Å². The second-order valence-corrected chi connectivity index (χ2v) is 7.18. The zero-order valence-corrected chi connectivity index (χ0v) is 10.0. The van der Waals surface area contributed by atoms with Crippen molar-refractivity contribution < 1.29 is 18.3 Å². The quantitative estimate of drug-likeness (QED) is 0.799. The second kappa shape index (κ2) is 4.12. The van der Waals surface area contributed by atoms with Crippen molar-refractivity contribution in [1.29, 1.82) is 0 Å². The Morgan fingerprint density at radius 1 is 1.33 bits per heavy atom. The first-order valence-electron chi connectivity index (χ1n) is 5.21. The van der Waals surface area contributed by atoms with Crippen molar-refractivity contribution in [2.24, 2.45) is 5.41 Å². The van der Waals surface area contributed by atoms with Crippen LogP contribution in [0.1, 0.15) is 39.5 Å². The molecule has 15 heavy (non-hydrogen) atoms. The Balaban J connectivity index is 2.76. The summed E-state index contributed by atoms with van der Waals surface area (Å²) in [4.78, 5) is 10.8. The van der Waals surface area contributed by atoms with E-state index in [1.165, 1.54) is 13.8 Å². The van der Waals surface area contributed by atoms with Crippen LogP contribution in [-0.4, -0.2) is 30.5 Å². The van der Waals surface area contributed by atoms with E-state index < -0.39 is 21.2 Å². The average Bonchev–Trinajstić information content (AvgIpc) is 2.53. The fraction of sp³-hybridized carbons (Fsp3) is 0.900. The number of hydrogen-bond donors (Lipinski definition) is 1. The lowest BCUT2D eigenvalue weighted by molar-refractivity contribution is -0.145. The lowest BCUT2D eigenvalue weighted by atomic mass is 9.97. The van der Waals surface area contributed by atoms with Crippen molar-refractivity contribution in [2.75, 3.05) is 5.75 Å². The highest BCUT2D eigenvalue weighted by Crippen LogP contribution is 2.29. The molecular formula is C10H18O4S. The van der Waals surface area contributed by atoms with Gasteiger partial charge in [0.25, 0.3) is 0 Å². The normalized spacial score (nSPS) is 19.3. The molecule has 0 aromatic rings. The number of carboxylic acid groups (broad SMARTS) is 1. The van der Waals surface area contributed by atoms with Gasteiger partial charge in [-0.3, -0.25) is 4.79 Å². The number of sulfone groups is 1. The first kappa shape index (κ1) is 12.5. The van der Waals surface area contributed by atoms with Crippen LogP contribution in [0.5, 0.6) is 0 Å². The molecule has 1 N–H and O–H groups in total. The molecule has 1 rings (SSSR count). The summed E-state index contributed by atoms with van der Waals surface area (Å²) in [6, 6.07) is 0. The van der Waals surface area contributed by atoms with E-state index in [9.17, 15) is 13.2 Å². The van der Waals surface area contributed by atoms with Gasteiger partial charge in [-0.25, -0.2) is 8.42 Å². The Kier molecular flexibility index (Phi) is 3.43. The highest BCUT2D eigenvalue weighted by atomic mass is 32.2. The van der Waals surface area contributed by atoms with E-state index in [-0.39, 0.29) is 11.0 Å². The zero-order chi connectivity index (χ0) is 11.7. The molecular weight excluding hydrogens is 216 g/mol. The topological polar surface area (TPSA) is 71.4 Å². The van der Waals surface area contributed by atoms with Gasteiger partial charge in [0.05, 0.1) is 16.4 Å². The molecule has 0 heterocycles. The van der Waals surface area contributed by atoms with Gasteiger partial charge in [0.2, 0.25) is 0 Å². The van der Waals surface area contributed by atoms with Crippen molar-refractivity contribution >= 4 is 15.8 Å². The van der Waals surface area contributed by atoms with E-state index in [1.54, 1.807) is 0 Å². The molecule has 0 aromatic carbocycles. The van der Waals surface area contributed by atoms with Crippen molar-refractivity contribution in [3.63, 3.8) is 0 Å². The number of aliphatic carboxylic acids is 1. The summed E-state index contributed by atoms with van der Waals surface area (Å²) in [6.45, 7) is 2.92. The molecule has 0 amide bonds. The van der Waals surface area contributed by atoms with Gasteiger partial charge in [0.1, 0.15) is 0 Å². The van der Waals surface area contributed by atoms with E-state index in [4.69, 9.17) is 5.11 Å². The summed E-state index contributed by atoms with van der Waals surface area (Å²) in [5.74, 6) is -1.30.